The van der Waals surface area contributed by atoms with E-state index in [-0.39, 0.29) is 20.6 Å². The van der Waals surface area contributed by atoms with Gasteiger partial charge in [-0.25, -0.2) is 14.2 Å². The summed E-state index contributed by atoms with van der Waals surface area (Å²) in [6, 6.07) is 2.36. The zero-order valence-corrected chi connectivity index (χ0v) is 11.9. The van der Waals surface area contributed by atoms with Crippen LogP contribution in [0.1, 0.15) is 15.2 Å². The number of benzene rings is 1. The van der Waals surface area contributed by atoms with Crippen LogP contribution in [0.15, 0.2) is 18.2 Å². The summed E-state index contributed by atoms with van der Waals surface area (Å²) in [4.78, 5) is 15.2. The van der Waals surface area contributed by atoms with Gasteiger partial charge in [0.05, 0.1) is 12.7 Å². The van der Waals surface area contributed by atoms with E-state index in [1.807, 2.05) is 0 Å². The quantitative estimate of drug-likeness (QED) is 0.601. The first-order valence-corrected chi connectivity index (χ1v) is 6.55. The molecule has 0 radical (unpaired) electrons. The highest BCUT2D eigenvalue weighted by molar-refractivity contribution is 7.17. The van der Waals surface area contributed by atoms with Crippen LogP contribution in [0, 0.1) is 5.82 Å². The molecule has 1 aromatic carbocycles. The van der Waals surface area contributed by atoms with E-state index in [0.717, 1.165) is 24.5 Å². The fourth-order valence-corrected chi connectivity index (χ4v) is 2.72. The standard InChI is InChI=1S/C12H6ClF4NO2S/c1-20-11(19)8-9(13)18-10(21-8)5-2-3-6(7(14)4-5)12(15,16)17/h2-4H,1H3. The molecule has 2 rings (SSSR count). The molecular weight excluding hydrogens is 334 g/mol. The van der Waals surface area contributed by atoms with E-state index in [2.05, 4.69) is 9.72 Å². The molecule has 3 nitrogen and oxygen atoms in total. The molecule has 1 heterocycles. The van der Waals surface area contributed by atoms with E-state index in [4.69, 9.17) is 11.6 Å². The molecule has 0 saturated heterocycles. The minimum absolute atomic E-state index is 0.00512. The number of methoxy groups -OCH3 is 1. The highest BCUT2D eigenvalue weighted by atomic mass is 35.5. The third kappa shape index (κ3) is 3.16. The number of ether oxygens (including phenoxy) is 1. The number of alkyl halides is 3. The first-order valence-electron chi connectivity index (χ1n) is 5.35. The molecule has 0 unspecified atom stereocenters. The lowest BCUT2D eigenvalue weighted by atomic mass is 10.1. The second-order valence-corrected chi connectivity index (χ2v) is 5.18. The molecular formula is C12H6ClF4NO2S. The van der Waals surface area contributed by atoms with Gasteiger partial charge in [-0.15, -0.1) is 11.3 Å². The fraction of sp³-hybridized carbons (Fsp3) is 0.167. The Morgan fingerprint density at radius 3 is 2.57 bits per heavy atom. The molecule has 1 aromatic heterocycles. The largest absolute Gasteiger partial charge is 0.465 e. The molecule has 21 heavy (non-hydrogen) atoms. The molecule has 112 valence electrons. The van der Waals surface area contributed by atoms with Crippen molar-refractivity contribution in [1.29, 1.82) is 0 Å². The van der Waals surface area contributed by atoms with Crippen molar-refractivity contribution in [3.05, 3.63) is 39.6 Å². The van der Waals surface area contributed by atoms with Gasteiger partial charge in [0.2, 0.25) is 0 Å². The summed E-state index contributed by atoms with van der Waals surface area (Å²) in [6.45, 7) is 0. The maximum absolute atomic E-state index is 13.5. The molecule has 0 saturated carbocycles. The van der Waals surface area contributed by atoms with E-state index in [1.165, 1.54) is 0 Å². The van der Waals surface area contributed by atoms with Gasteiger partial charge in [0.25, 0.3) is 0 Å². The van der Waals surface area contributed by atoms with Gasteiger partial charge in [0.15, 0.2) is 10.0 Å². The average Bonchev–Trinajstić information content (AvgIpc) is 2.78. The van der Waals surface area contributed by atoms with Crippen LogP contribution in [0.4, 0.5) is 17.6 Å². The van der Waals surface area contributed by atoms with Crippen LogP contribution in [0.2, 0.25) is 5.15 Å². The van der Waals surface area contributed by atoms with E-state index < -0.39 is 23.5 Å². The number of rotatable bonds is 2. The van der Waals surface area contributed by atoms with Crippen LogP contribution >= 0.6 is 22.9 Å². The molecule has 0 bridgehead atoms. The zero-order chi connectivity index (χ0) is 15.8. The number of nitrogens with zero attached hydrogens (tertiary/aromatic N) is 1. The number of halogens is 5. The van der Waals surface area contributed by atoms with Gasteiger partial charge in [-0.3, -0.25) is 0 Å². The van der Waals surface area contributed by atoms with Gasteiger partial charge in [-0.2, -0.15) is 13.2 Å². The topological polar surface area (TPSA) is 39.2 Å². The Bertz CT molecular complexity index is 699. The summed E-state index contributed by atoms with van der Waals surface area (Å²) in [7, 11) is 1.15. The number of carbonyl (C=O) groups is 1. The average molecular weight is 340 g/mol. The van der Waals surface area contributed by atoms with E-state index >= 15 is 0 Å². The Morgan fingerprint density at radius 2 is 2.05 bits per heavy atom. The Kier molecular flexibility index (Phi) is 4.20. The summed E-state index contributed by atoms with van der Waals surface area (Å²) in [5.41, 5.74) is -1.29. The van der Waals surface area contributed by atoms with Crippen LogP contribution in [0.25, 0.3) is 10.6 Å². The minimum atomic E-state index is -4.78. The predicted molar refractivity (Wildman–Crippen MR) is 68.9 cm³/mol. The van der Waals surface area contributed by atoms with Crippen LogP contribution in [-0.4, -0.2) is 18.1 Å². The normalized spacial score (nSPS) is 11.5. The highest BCUT2D eigenvalue weighted by Gasteiger charge is 2.34. The summed E-state index contributed by atoms with van der Waals surface area (Å²) >= 11 is 6.54. The number of esters is 1. The Balaban J connectivity index is 2.44. The smallest absolute Gasteiger partial charge is 0.419 e. The molecule has 9 heteroatoms. The van der Waals surface area contributed by atoms with Gasteiger partial charge >= 0.3 is 12.1 Å². The number of hydrogen-bond acceptors (Lipinski definition) is 4. The number of thiazole rings is 1. The van der Waals surface area contributed by atoms with Crippen molar-refractivity contribution in [3.8, 4) is 10.6 Å². The Morgan fingerprint density at radius 1 is 1.38 bits per heavy atom. The number of carbonyl (C=O) groups excluding carboxylic acids is 1. The SMILES string of the molecule is COC(=O)c1sc(-c2ccc(C(F)(F)F)c(F)c2)nc1Cl. The number of aromatic nitrogens is 1. The summed E-state index contributed by atoms with van der Waals surface area (Å²) in [5, 5.41) is -0.0322. The minimum Gasteiger partial charge on any atom is -0.465 e. The lowest BCUT2D eigenvalue weighted by Gasteiger charge is -2.08. The summed E-state index contributed by atoms with van der Waals surface area (Å²) < 4.78 is 55.4. The zero-order valence-electron chi connectivity index (χ0n) is 10.3. The second-order valence-electron chi connectivity index (χ2n) is 3.82. The second kappa shape index (κ2) is 5.61. The van der Waals surface area contributed by atoms with Crippen molar-refractivity contribution in [2.24, 2.45) is 0 Å². The first kappa shape index (κ1) is 15.7. The number of hydrogen-bond donors (Lipinski definition) is 0. The van der Waals surface area contributed by atoms with Crippen molar-refractivity contribution in [1.82, 2.24) is 4.98 Å². The predicted octanol–water partition coefficient (Wildman–Crippen LogP) is 4.41. The summed E-state index contributed by atoms with van der Waals surface area (Å²) in [6.07, 6.45) is -4.78. The molecule has 2 aromatic rings. The molecule has 0 atom stereocenters. The fourth-order valence-electron chi connectivity index (χ4n) is 1.52. The van der Waals surface area contributed by atoms with Crippen molar-refractivity contribution in [3.63, 3.8) is 0 Å². The van der Waals surface area contributed by atoms with Crippen LogP contribution in [0.3, 0.4) is 0 Å². The lowest BCUT2D eigenvalue weighted by molar-refractivity contribution is -0.139. The van der Waals surface area contributed by atoms with Gasteiger partial charge in [-0.1, -0.05) is 17.7 Å². The van der Waals surface area contributed by atoms with E-state index in [9.17, 15) is 22.4 Å². The van der Waals surface area contributed by atoms with Gasteiger partial charge in [-0.05, 0) is 12.1 Å². The third-order valence-electron chi connectivity index (χ3n) is 2.48. The lowest BCUT2D eigenvalue weighted by Crippen LogP contribution is -2.07. The maximum Gasteiger partial charge on any atom is 0.419 e. The molecule has 0 N–H and O–H groups in total. The van der Waals surface area contributed by atoms with Gasteiger partial charge in [0.1, 0.15) is 10.8 Å². The van der Waals surface area contributed by atoms with Crippen LogP contribution in [0.5, 0.6) is 0 Å². The molecule has 0 aliphatic heterocycles. The highest BCUT2D eigenvalue weighted by Crippen LogP contribution is 2.36. The van der Waals surface area contributed by atoms with E-state index in [0.29, 0.717) is 12.1 Å². The molecule has 0 amide bonds. The first-order chi connectivity index (χ1) is 9.74. The van der Waals surface area contributed by atoms with Gasteiger partial charge < -0.3 is 4.74 Å². The monoisotopic (exact) mass is 339 g/mol. The van der Waals surface area contributed by atoms with Crippen LogP contribution in [-0.2, 0) is 10.9 Å². The Labute approximate surface area is 125 Å². The molecule has 0 fully saturated rings. The van der Waals surface area contributed by atoms with Crippen molar-refractivity contribution < 1.29 is 27.1 Å². The third-order valence-corrected chi connectivity index (χ3v) is 3.95. The molecule has 0 spiro atoms. The van der Waals surface area contributed by atoms with Crippen LogP contribution < -0.4 is 0 Å². The van der Waals surface area contributed by atoms with Crippen molar-refractivity contribution in [2.45, 2.75) is 6.18 Å². The summed E-state index contributed by atoms with van der Waals surface area (Å²) in [5.74, 6) is -2.15. The van der Waals surface area contributed by atoms with Crippen molar-refractivity contribution in [2.75, 3.05) is 7.11 Å². The van der Waals surface area contributed by atoms with E-state index in [1.54, 1.807) is 0 Å². The molecule has 0 aliphatic carbocycles. The molecule has 0 aliphatic rings. The Hall–Kier alpha value is -1.67. The van der Waals surface area contributed by atoms with Gasteiger partial charge in [0, 0.05) is 5.56 Å². The van der Waals surface area contributed by atoms with Crippen molar-refractivity contribution >= 4 is 28.9 Å². The maximum atomic E-state index is 13.5.